The summed E-state index contributed by atoms with van der Waals surface area (Å²) >= 11 is 0. The van der Waals surface area contributed by atoms with Gasteiger partial charge in [0.15, 0.2) is 11.5 Å². The summed E-state index contributed by atoms with van der Waals surface area (Å²) < 4.78 is 11.7. The predicted molar refractivity (Wildman–Crippen MR) is 120 cm³/mol. The summed E-state index contributed by atoms with van der Waals surface area (Å²) in [6.07, 6.45) is 0.881. The molecule has 1 heterocycles. The molecule has 5 heteroatoms. The minimum absolute atomic E-state index is 0.115. The molecule has 3 rings (SSSR count). The largest absolute Gasteiger partial charge is 0.490 e. The molecule has 0 bridgehead atoms. The number of carbonyl (C=O) groups is 1. The molecule has 1 aliphatic rings. The standard InChI is InChI=1S/C25H34N2O3/c1-18(2)16-27(25(28)20(4)26-15-21-9-6-5-7-10-21)17-22-13-19(3)24-23(14-22)29-11-8-12-30-24/h5-7,9-10,13-14,18,20,26H,8,11-12,15-17H2,1-4H3/t20-/m0/s1. The van der Waals surface area contributed by atoms with Gasteiger partial charge in [0.1, 0.15) is 0 Å². The Morgan fingerprint density at radius 2 is 1.80 bits per heavy atom. The number of hydrogen-bond donors (Lipinski definition) is 1. The van der Waals surface area contributed by atoms with Crippen molar-refractivity contribution >= 4 is 5.91 Å². The first-order chi connectivity index (χ1) is 14.4. The summed E-state index contributed by atoms with van der Waals surface area (Å²) in [5.74, 6) is 2.12. The van der Waals surface area contributed by atoms with Crippen LogP contribution in [0.2, 0.25) is 0 Å². The second-order valence-corrected chi connectivity index (χ2v) is 8.49. The summed E-state index contributed by atoms with van der Waals surface area (Å²) in [7, 11) is 0. The van der Waals surface area contributed by atoms with Gasteiger partial charge < -0.3 is 19.7 Å². The molecule has 1 N–H and O–H groups in total. The molecule has 0 fully saturated rings. The van der Waals surface area contributed by atoms with Gasteiger partial charge in [0.2, 0.25) is 5.91 Å². The van der Waals surface area contributed by atoms with E-state index in [-0.39, 0.29) is 11.9 Å². The second-order valence-electron chi connectivity index (χ2n) is 8.49. The molecule has 2 aromatic carbocycles. The zero-order valence-corrected chi connectivity index (χ0v) is 18.6. The maximum atomic E-state index is 13.2. The van der Waals surface area contributed by atoms with Gasteiger partial charge in [-0.25, -0.2) is 0 Å². The third-order valence-electron chi connectivity index (χ3n) is 5.19. The van der Waals surface area contributed by atoms with Gasteiger partial charge in [0.25, 0.3) is 0 Å². The lowest BCUT2D eigenvalue weighted by atomic mass is 10.1. The molecule has 0 aromatic heterocycles. The van der Waals surface area contributed by atoms with Gasteiger partial charge in [-0.2, -0.15) is 0 Å². The third kappa shape index (κ3) is 5.99. The Balaban J connectivity index is 1.71. The van der Waals surface area contributed by atoms with Crippen LogP contribution in [0.4, 0.5) is 0 Å². The maximum Gasteiger partial charge on any atom is 0.239 e. The van der Waals surface area contributed by atoms with Gasteiger partial charge in [-0.3, -0.25) is 4.79 Å². The molecule has 1 aliphatic heterocycles. The molecule has 0 saturated heterocycles. The average molecular weight is 411 g/mol. The Hall–Kier alpha value is -2.53. The molecular formula is C25H34N2O3. The van der Waals surface area contributed by atoms with Crippen LogP contribution >= 0.6 is 0 Å². The van der Waals surface area contributed by atoms with Crippen LogP contribution in [0.1, 0.15) is 43.9 Å². The van der Waals surface area contributed by atoms with Crippen LogP contribution in [-0.4, -0.2) is 36.6 Å². The molecule has 2 aromatic rings. The van der Waals surface area contributed by atoms with Crippen molar-refractivity contribution in [2.45, 2.75) is 53.2 Å². The van der Waals surface area contributed by atoms with Gasteiger partial charge >= 0.3 is 0 Å². The molecule has 5 nitrogen and oxygen atoms in total. The number of nitrogens with zero attached hydrogens (tertiary/aromatic N) is 1. The summed E-state index contributed by atoms with van der Waals surface area (Å²) in [4.78, 5) is 15.2. The third-order valence-corrected chi connectivity index (χ3v) is 5.19. The monoisotopic (exact) mass is 410 g/mol. The van der Waals surface area contributed by atoms with Crippen molar-refractivity contribution in [1.82, 2.24) is 10.2 Å². The number of hydrogen-bond acceptors (Lipinski definition) is 4. The van der Waals surface area contributed by atoms with E-state index in [0.717, 1.165) is 29.0 Å². The van der Waals surface area contributed by atoms with Crippen molar-refractivity contribution in [3.63, 3.8) is 0 Å². The number of ether oxygens (including phenoxy) is 2. The first kappa shape index (κ1) is 22.2. The molecule has 162 valence electrons. The lowest BCUT2D eigenvalue weighted by molar-refractivity contribution is -0.134. The number of rotatable bonds is 8. The first-order valence-corrected chi connectivity index (χ1v) is 10.9. The van der Waals surface area contributed by atoms with Crippen molar-refractivity contribution in [1.29, 1.82) is 0 Å². The van der Waals surface area contributed by atoms with E-state index in [4.69, 9.17) is 9.47 Å². The Labute approximate surface area is 180 Å². The Morgan fingerprint density at radius 1 is 1.07 bits per heavy atom. The lowest BCUT2D eigenvalue weighted by Gasteiger charge is -2.28. The number of benzene rings is 2. The number of fused-ring (bicyclic) bond motifs is 1. The summed E-state index contributed by atoms with van der Waals surface area (Å²) in [6.45, 7) is 11.5. The lowest BCUT2D eigenvalue weighted by Crippen LogP contribution is -2.45. The highest BCUT2D eigenvalue weighted by Crippen LogP contribution is 2.34. The van der Waals surface area contributed by atoms with E-state index in [9.17, 15) is 4.79 Å². The van der Waals surface area contributed by atoms with Crippen molar-refractivity contribution in [2.24, 2.45) is 5.92 Å². The second kappa shape index (κ2) is 10.5. The maximum absolute atomic E-state index is 13.2. The molecule has 0 saturated carbocycles. The SMILES string of the molecule is Cc1cc(CN(CC(C)C)C(=O)[C@H](C)NCc2ccccc2)cc2c1OCCCO2. The molecule has 1 amide bonds. The molecule has 0 unspecified atom stereocenters. The summed E-state index contributed by atoms with van der Waals surface area (Å²) in [6, 6.07) is 14.0. The van der Waals surface area contributed by atoms with Crippen LogP contribution in [0.3, 0.4) is 0 Å². The molecule has 0 radical (unpaired) electrons. The van der Waals surface area contributed by atoms with Crippen LogP contribution in [0.25, 0.3) is 0 Å². The minimum atomic E-state index is -0.259. The van der Waals surface area contributed by atoms with Crippen molar-refractivity contribution < 1.29 is 14.3 Å². The van der Waals surface area contributed by atoms with Crippen LogP contribution in [0.15, 0.2) is 42.5 Å². The minimum Gasteiger partial charge on any atom is -0.490 e. The molecule has 30 heavy (non-hydrogen) atoms. The summed E-state index contributed by atoms with van der Waals surface area (Å²) in [5.41, 5.74) is 3.30. The van der Waals surface area contributed by atoms with E-state index in [0.29, 0.717) is 38.8 Å². The van der Waals surface area contributed by atoms with Gasteiger partial charge in [-0.15, -0.1) is 0 Å². The van der Waals surface area contributed by atoms with Gasteiger partial charge in [0.05, 0.1) is 19.3 Å². The number of carbonyl (C=O) groups excluding carboxylic acids is 1. The predicted octanol–water partition coefficient (Wildman–Crippen LogP) is 4.32. The Morgan fingerprint density at radius 3 is 2.53 bits per heavy atom. The van der Waals surface area contributed by atoms with Gasteiger partial charge in [-0.1, -0.05) is 50.2 Å². The van der Waals surface area contributed by atoms with Crippen molar-refractivity contribution in [2.75, 3.05) is 19.8 Å². The van der Waals surface area contributed by atoms with E-state index in [1.807, 2.05) is 43.0 Å². The van der Waals surface area contributed by atoms with Gasteiger partial charge in [-0.05, 0) is 42.5 Å². The number of nitrogens with one attached hydrogen (secondary N) is 1. The normalized spacial score (nSPS) is 14.3. The van der Waals surface area contributed by atoms with Crippen LogP contribution in [0.5, 0.6) is 11.5 Å². The fourth-order valence-corrected chi connectivity index (χ4v) is 3.73. The smallest absolute Gasteiger partial charge is 0.239 e. The van der Waals surface area contributed by atoms with E-state index >= 15 is 0 Å². The fourth-order valence-electron chi connectivity index (χ4n) is 3.73. The van der Waals surface area contributed by atoms with Crippen molar-refractivity contribution in [3.8, 4) is 11.5 Å². The Kier molecular flexibility index (Phi) is 7.75. The highest BCUT2D eigenvalue weighted by atomic mass is 16.5. The molecular weight excluding hydrogens is 376 g/mol. The van der Waals surface area contributed by atoms with E-state index in [2.05, 4.69) is 37.4 Å². The number of amides is 1. The molecule has 0 spiro atoms. The number of aryl methyl sites for hydroxylation is 1. The van der Waals surface area contributed by atoms with Crippen LogP contribution in [-0.2, 0) is 17.9 Å². The van der Waals surface area contributed by atoms with Crippen LogP contribution < -0.4 is 14.8 Å². The average Bonchev–Trinajstić information content (AvgIpc) is 2.97. The highest BCUT2D eigenvalue weighted by Gasteiger charge is 2.23. The molecule has 0 aliphatic carbocycles. The zero-order chi connectivity index (χ0) is 21.5. The van der Waals surface area contributed by atoms with Gasteiger partial charge in [0, 0.05) is 26.1 Å². The van der Waals surface area contributed by atoms with E-state index in [1.165, 1.54) is 5.56 Å². The zero-order valence-electron chi connectivity index (χ0n) is 18.6. The molecule has 1 atom stereocenters. The highest BCUT2D eigenvalue weighted by molar-refractivity contribution is 5.81. The Bertz CT molecular complexity index is 836. The topological polar surface area (TPSA) is 50.8 Å². The summed E-state index contributed by atoms with van der Waals surface area (Å²) in [5, 5.41) is 3.37. The van der Waals surface area contributed by atoms with Crippen molar-refractivity contribution in [3.05, 3.63) is 59.2 Å². The first-order valence-electron chi connectivity index (χ1n) is 10.9. The van der Waals surface area contributed by atoms with E-state index in [1.54, 1.807) is 0 Å². The van der Waals surface area contributed by atoms with Crippen LogP contribution in [0, 0.1) is 12.8 Å². The fraction of sp³-hybridized carbons (Fsp3) is 0.480. The quantitative estimate of drug-likeness (QED) is 0.704. The van der Waals surface area contributed by atoms with E-state index < -0.39 is 0 Å².